The van der Waals surface area contributed by atoms with Crippen molar-refractivity contribution in [3.63, 3.8) is 0 Å². The summed E-state index contributed by atoms with van der Waals surface area (Å²) in [6.45, 7) is 5.64. The van der Waals surface area contributed by atoms with Crippen LogP contribution in [0.15, 0.2) is 17.5 Å². The van der Waals surface area contributed by atoms with E-state index in [9.17, 15) is 14.4 Å². The predicted octanol–water partition coefficient (Wildman–Crippen LogP) is 1.24. The number of carbonyl (C=O) groups is 3. The Morgan fingerprint density at radius 1 is 1.37 bits per heavy atom. The number of nitrogens with two attached hydrogens (primary N) is 1. The van der Waals surface area contributed by atoms with Gasteiger partial charge in [0.15, 0.2) is 0 Å². The second kappa shape index (κ2) is 11.3. The van der Waals surface area contributed by atoms with Gasteiger partial charge >= 0.3 is 0 Å². The molecule has 1 aliphatic heterocycles. The van der Waals surface area contributed by atoms with Gasteiger partial charge in [-0.25, -0.2) is 0 Å². The van der Waals surface area contributed by atoms with Crippen LogP contribution in [0.3, 0.4) is 0 Å². The molecule has 9 heteroatoms. The smallest absolute Gasteiger partial charge is 0.262 e. The van der Waals surface area contributed by atoms with Crippen molar-refractivity contribution in [1.29, 1.82) is 0 Å². The molecule has 3 amide bonds. The van der Waals surface area contributed by atoms with Gasteiger partial charge in [0.25, 0.3) is 5.91 Å². The zero-order valence-electron chi connectivity index (χ0n) is 15.8. The van der Waals surface area contributed by atoms with Gasteiger partial charge in [0.05, 0.1) is 10.8 Å². The second-order valence-electron chi connectivity index (χ2n) is 6.88. The number of halogens is 1. The van der Waals surface area contributed by atoms with Crippen LogP contribution in [0, 0.1) is 11.8 Å². The summed E-state index contributed by atoms with van der Waals surface area (Å²) in [5.74, 6) is -0.683. The van der Waals surface area contributed by atoms with E-state index in [1.54, 1.807) is 17.0 Å². The van der Waals surface area contributed by atoms with Crippen LogP contribution in [-0.4, -0.2) is 54.8 Å². The average molecular weight is 417 g/mol. The SMILES string of the molecule is CC(C)C(NC(=O)c1cccs1)C(=O)N1CCCC(C(=O)NCCN)C1.Cl. The molecule has 1 aliphatic rings. The molecule has 1 aromatic heterocycles. The molecule has 1 fully saturated rings. The van der Waals surface area contributed by atoms with Crippen molar-refractivity contribution in [2.45, 2.75) is 32.7 Å². The Hall–Kier alpha value is -1.64. The first kappa shape index (κ1) is 23.4. The molecule has 0 radical (unpaired) electrons. The Balaban J connectivity index is 0.00000364. The van der Waals surface area contributed by atoms with Crippen LogP contribution in [0.1, 0.15) is 36.4 Å². The van der Waals surface area contributed by atoms with E-state index in [1.165, 1.54) is 11.3 Å². The average Bonchev–Trinajstić information content (AvgIpc) is 3.18. The fraction of sp³-hybridized carbons (Fsp3) is 0.611. The highest BCUT2D eigenvalue weighted by molar-refractivity contribution is 7.12. The molecule has 0 aromatic carbocycles. The van der Waals surface area contributed by atoms with Crippen LogP contribution in [0.2, 0.25) is 0 Å². The number of piperidine rings is 1. The van der Waals surface area contributed by atoms with E-state index in [2.05, 4.69) is 10.6 Å². The number of amides is 3. The Morgan fingerprint density at radius 3 is 2.70 bits per heavy atom. The first-order valence-corrected chi connectivity index (χ1v) is 9.93. The third kappa shape index (κ3) is 6.48. The lowest BCUT2D eigenvalue weighted by molar-refractivity contribution is -0.138. The molecule has 2 atom stereocenters. The number of rotatable bonds is 7. The van der Waals surface area contributed by atoms with Crippen molar-refractivity contribution < 1.29 is 14.4 Å². The highest BCUT2D eigenvalue weighted by Gasteiger charge is 2.34. The van der Waals surface area contributed by atoms with Crippen LogP contribution in [0.4, 0.5) is 0 Å². The van der Waals surface area contributed by atoms with Crippen LogP contribution in [0.25, 0.3) is 0 Å². The number of likely N-dealkylation sites (tertiary alicyclic amines) is 1. The lowest BCUT2D eigenvalue weighted by Crippen LogP contribution is -2.54. The molecular weight excluding hydrogens is 388 g/mol. The summed E-state index contributed by atoms with van der Waals surface area (Å²) >= 11 is 1.34. The number of nitrogens with one attached hydrogen (secondary N) is 2. The van der Waals surface area contributed by atoms with E-state index < -0.39 is 6.04 Å². The van der Waals surface area contributed by atoms with Gasteiger partial charge in [0.1, 0.15) is 6.04 Å². The summed E-state index contributed by atoms with van der Waals surface area (Å²) in [4.78, 5) is 39.8. The Bertz CT molecular complexity index is 624. The first-order valence-electron chi connectivity index (χ1n) is 9.05. The van der Waals surface area contributed by atoms with E-state index in [1.807, 2.05) is 19.2 Å². The van der Waals surface area contributed by atoms with E-state index in [0.717, 1.165) is 12.8 Å². The van der Waals surface area contributed by atoms with Gasteiger partial charge in [-0.2, -0.15) is 0 Å². The van der Waals surface area contributed by atoms with Crippen molar-refractivity contribution in [2.24, 2.45) is 17.6 Å². The number of nitrogens with zero attached hydrogens (tertiary/aromatic N) is 1. The first-order chi connectivity index (χ1) is 12.4. The standard InChI is InChI=1S/C18H28N4O3S.ClH/c1-12(2)15(21-17(24)14-6-4-10-26-14)18(25)22-9-3-5-13(11-22)16(23)20-8-7-19;/h4,6,10,12-13,15H,3,5,7-9,11,19H2,1-2H3,(H,20,23)(H,21,24);1H. The molecule has 1 saturated heterocycles. The van der Waals surface area contributed by atoms with E-state index in [-0.39, 0.29) is 42.0 Å². The Kier molecular flexibility index (Phi) is 9.76. The molecule has 2 heterocycles. The largest absolute Gasteiger partial charge is 0.355 e. The van der Waals surface area contributed by atoms with Gasteiger partial charge in [-0.05, 0) is 30.2 Å². The van der Waals surface area contributed by atoms with Gasteiger partial charge in [0.2, 0.25) is 11.8 Å². The quantitative estimate of drug-likeness (QED) is 0.621. The zero-order valence-corrected chi connectivity index (χ0v) is 17.4. The molecule has 0 spiro atoms. The molecule has 0 bridgehead atoms. The minimum absolute atomic E-state index is 0. The van der Waals surface area contributed by atoms with Crippen molar-refractivity contribution in [2.75, 3.05) is 26.2 Å². The summed E-state index contributed by atoms with van der Waals surface area (Å²) in [5, 5.41) is 7.48. The molecule has 1 aromatic rings. The van der Waals surface area contributed by atoms with Crippen molar-refractivity contribution in [3.8, 4) is 0 Å². The molecule has 2 unspecified atom stereocenters. The molecule has 7 nitrogen and oxygen atoms in total. The summed E-state index contributed by atoms with van der Waals surface area (Å²) < 4.78 is 0. The van der Waals surface area contributed by atoms with Crippen molar-refractivity contribution >= 4 is 41.5 Å². The lowest BCUT2D eigenvalue weighted by atomic mass is 9.95. The van der Waals surface area contributed by atoms with Crippen LogP contribution >= 0.6 is 23.7 Å². The monoisotopic (exact) mass is 416 g/mol. The van der Waals surface area contributed by atoms with Crippen LogP contribution in [-0.2, 0) is 9.59 Å². The Morgan fingerprint density at radius 2 is 2.11 bits per heavy atom. The maximum Gasteiger partial charge on any atom is 0.262 e. The minimum Gasteiger partial charge on any atom is -0.355 e. The van der Waals surface area contributed by atoms with Crippen LogP contribution < -0.4 is 16.4 Å². The molecule has 152 valence electrons. The molecular formula is C18H29ClN4O3S. The molecule has 0 aliphatic carbocycles. The van der Waals surface area contributed by atoms with Gasteiger partial charge in [-0.3, -0.25) is 14.4 Å². The Labute approximate surface area is 170 Å². The fourth-order valence-electron chi connectivity index (χ4n) is 3.06. The molecule has 0 saturated carbocycles. The van der Waals surface area contributed by atoms with Gasteiger partial charge in [-0.15, -0.1) is 23.7 Å². The maximum atomic E-state index is 13.0. The summed E-state index contributed by atoms with van der Waals surface area (Å²) in [6.07, 6.45) is 1.53. The molecule has 4 N–H and O–H groups in total. The maximum absolute atomic E-state index is 13.0. The fourth-order valence-corrected chi connectivity index (χ4v) is 3.69. The normalized spacial score (nSPS) is 17.8. The second-order valence-corrected chi connectivity index (χ2v) is 7.82. The van der Waals surface area contributed by atoms with Gasteiger partial charge in [0, 0.05) is 26.2 Å². The summed E-state index contributed by atoms with van der Waals surface area (Å²) in [6, 6.07) is 2.94. The number of carbonyl (C=O) groups excluding carboxylic acids is 3. The summed E-state index contributed by atoms with van der Waals surface area (Å²) in [5.41, 5.74) is 5.42. The van der Waals surface area contributed by atoms with E-state index in [0.29, 0.717) is 31.1 Å². The zero-order chi connectivity index (χ0) is 19.1. The number of hydrogen-bond donors (Lipinski definition) is 3. The lowest BCUT2D eigenvalue weighted by Gasteiger charge is -2.35. The summed E-state index contributed by atoms with van der Waals surface area (Å²) in [7, 11) is 0. The van der Waals surface area contributed by atoms with E-state index >= 15 is 0 Å². The highest BCUT2D eigenvalue weighted by Crippen LogP contribution is 2.19. The van der Waals surface area contributed by atoms with Crippen molar-refractivity contribution in [1.82, 2.24) is 15.5 Å². The predicted molar refractivity (Wildman–Crippen MR) is 109 cm³/mol. The van der Waals surface area contributed by atoms with Crippen molar-refractivity contribution in [3.05, 3.63) is 22.4 Å². The number of thiophene rings is 1. The third-order valence-electron chi connectivity index (χ3n) is 4.51. The van der Waals surface area contributed by atoms with Gasteiger partial charge in [-0.1, -0.05) is 19.9 Å². The molecule has 27 heavy (non-hydrogen) atoms. The van der Waals surface area contributed by atoms with Gasteiger partial charge < -0.3 is 21.3 Å². The topological polar surface area (TPSA) is 105 Å². The molecule has 2 rings (SSSR count). The van der Waals surface area contributed by atoms with E-state index in [4.69, 9.17) is 5.73 Å². The third-order valence-corrected chi connectivity index (χ3v) is 5.38. The number of hydrogen-bond acceptors (Lipinski definition) is 5. The minimum atomic E-state index is -0.601. The van der Waals surface area contributed by atoms with Crippen LogP contribution in [0.5, 0.6) is 0 Å². The highest BCUT2D eigenvalue weighted by atomic mass is 35.5.